The van der Waals surface area contributed by atoms with Crippen LogP contribution in [0.1, 0.15) is 36.5 Å². The Bertz CT molecular complexity index is 1680. The summed E-state index contributed by atoms with van der Waals surface area (Å²) in [7, 11) is -4.17. The van der Waals surface area contributed by atoms with Crippen LogP contribution in [-0.2, 0) is 32.6 Å². The van der Waals surface area contributed by atoms with Gasteiger partial charge in [0.15, 0.2) is 0 Å². The van der Waals surface area contributed by atoms with Crippen LogP contribution in [0.2, 0.25) is 5.02 Å². The second kappa shape index (κ2) is 16.1. The lowest BCUT2D eigenvalue weighted by molar-refractivity contribution is -0.140. The Morgan fingerprint density at radius 3 is 2.20 bits per heavy atom. The van der Waals surface area contributed by atoms with Gasteiger partial charge in [0.05, 0.1) is 10.6 Å². The van der Waals surface area contributed by atoms with Crippen molar-refractivity contribution in [2.24, 2.45) is 0 Å². The second-order valence-electron chi connectivity index (χ2n) is 10.8. The van der Waals surface area contributed by atoms with Crippen molar-refractivity contribution in [3.63, 3.8) is 0 Å². The third-order valence-electron chi connectivity index (χ3n) is 7.35. The number of hydrogen-bond acceptors (Lipinski definition) is 4. The molecule has 4 rings (SSSR count). The number of nitrogens with zero attached hydrogens (tertiary/aromatic N) is 2. The highest BCUT2D eigenvalue weighted by Gasteiger charge is 2.34. The first-order valence-electron chi connectivity index (χ1n) is 14.8. The van der Waals surface area contributed by atoms with Crippen molar-refractivity contribution in [2.45, 2.75) is 50.6 Å². The number of benzene rings is 4. The number of nitrogens with one attached hydrogen (secondary N) is 1. The maximum Gasteiger partial charge on any atom is 0.264 e. The summed E-state index contributed by atoms with van der Waals surface area (Å²) in [5.74, 6) is -0.834. The molecule has 1 atom stereocenters. The van der Waals surface area contributed by atoms with E-state index in [9.17, 15) is 18.0 Å². The minimum Gasteiger partial charge on any atom is -0.354 e. The molecule has 0 aliphatic rings. The van der Waals surface area contributed by atoms with E-state index in [2.05, 4.69) is 21.2 Å². The topological polar surface area (TPSA) is 86.8 Å². The Morgan fingerprint density at radius 2 is 1.56 bits per heavy atom. The molecule has 0 aliphatic heterocycles. The predicted molar refractivity (Wildman–Crippen MR) is 184 cm³/mol. The van der Waals surface area contributed by atoms with Crippen molar-refractivity contribution in [3.05, 3.63) is 129 Å². The van der Waals surface area contributed by atoms with Crippen LogP contribution in [0.25, 0.3) is 0 Å². The zero-order valence-corrected chi connectivity index (χ0v) is 28.5. The zero-order chi connectivity index (χ0) is 32.4. The summed E-state index contributed by atoms with van der Waals surface area (Å²) in [4.78, 5) is 29.8. The molecular formula is C35H37BrClN3O4S. The molecule has 1 N–H and O–H groups in total. The van der Waals surface area contributed by atoms with E-state index < -0.39 is 28.5 Å². The number of halogens is 2. The number of unbranched alkanes of at least 4 members (excludes halogenated alkanes) is 1. The van der Waals surface area contributed by atoms with Crippen LogP contribution < -0.4 is 9.62 Å². The van der Waals surface area contributed by atoms with E-state index in [1.54, 1.807) is 54.6 Å². The molecule has 45 heavy (non-hydrogen) atoms. The lowest BCUT2D eigenvalue weighted by Gasteiger charge is -2.34. The predicted octanol–water partition coefficient (Wildman–Crippen LogP) is 7.16. The van der Waals surface area contributed by atoms with E-state index in [1.807, 2.05) is 50.2 Å². The third kappa shape index (κ3) is 9.42. The lowest BCUT2D eigenvalue weighted by Crippen LogP contribution is -2.53. The molecule has 0 saturated carbocycles. The summed E-state index contributed by atoms with van der Waals surface area (Å²) >= 11 is 9.71. The number of hydrogen-bond donors (Lipinski definition) is 1. The molecule has 0 aliphatic carbocycles. The summed E-state index contributed by atoms with van der Waals surface area (Å²) in [5, 5.41) is 3.48. The highest BCUT2D eigenvalue weighted by molar-refractivity contribution is 9.10. The minimum absolute atomic E-state index is 0.0524. The maximum absolute atomic E-state index is 14.5. The van der Waals surface area contributed by atoms with Crippen LogP contribution in [0.4, 0.5) is 5.69 Å². The molecule has 2 amide bonds. The van der Waals surface area contributed by atoms with E-state index in [0.717, 1.165) is 32.7 Å². The Labute approximate surface area is 279 Å². The SMILES string of the molecule is CCCCNC(=O)[C@@H](Cc1ccccc1)N(Cc1cccc(Cl)c1)C(=O)CN(c1ccc(Br)cc1)S(=O)(=O)c1ccc(C)cc1. The molecule has 236 valence electrons. The Balaban J connectivity index is 1.78. The van der Waals surface area contributed by atoms with E-state index in [1.165, 1.54) is 17.0 Å². The standard InChI is InChI=1S/C35H37BrClN3O4S/c1-3-4-21-38-35(42)33(23-27-9-6-5-7-10-27)39(24-28-11-8-12-30(37)22-28)34(41)25-40(31-17-15-29(36)16-18-31)45(43,44)32-19-13-26(2)14-20-32/h5-20,22,33H,3-4,21,23-25H2,1-2H3,(H,38,42)/t33-/m1/s1. The van der Waals surface area contributed by atoms with Crippen LogP contribution in [0.5, 0.6) is 0 Å². The molecule has 0 saturated heterocycles. The minimum atomic E-state index is -4.17. The third-order valence-corrected chi connectivity index (χ3v) is 9.90. The number of anilines is 1. The van der Waals surface area contributed by atoms with Gasteiger partial charge in [-0.25, -0.2) is 8.42 Å². The van der Waals surface area contributed by atoms with Crippen molar-refractivity contribution in [1.82, 2.24) is 10.2 Å². The smallest absolute Gasteiger partial charge is 0.264 e. The lowest BCUT2D eigenvalue weighted by atomic mass is 10.0. The van der Waals surface area contributed by atoms with Crippen molar-refractivity contribution in [2.75, 3.05) is 17.4 Å². The number of amides is 2. The van der Waals surface area contributed by atoms with Gasteiger partial charge in [0.25, 0.3) is 10.0 Å². The van der Waals surface area contributed by atoms with E-state index in [0.29, 0.717) is 22.8 Å². The van der Waals surface area contributed by atoms with Crippen LogP contribution in [0, 0.1) is 6.92 Å². The van der Waals surface area contributed by atoms with Crippen molar-refractivity contribution >= 4 is 55.1 Å². The molecule has 4 aromatic rings. The first-order chi connectivity index (χ1) is 21.6. The van der Waals surface area contributed by atoms with Crippen molar-refractivity contribution in [3.8, 4) is 0 Å². The Hall–Kier alpha value is -3.66. The molecule has 0 aromatic heterocycles. The molecule has 0 spiro atoms. The Morgan fingerprint density at radius 1 is 0.889 bits per heavy atom. The normalized spacial score (nSPS) is 11.9. The number of aryl methyl sites for hydroxylation is 1. The number of rotatable bonds is 14. The van der Waals surface area contributed by atoms with Gasteiger partial charge in [0.2, 0.25) is 11.8 Å². The van der Waals surface area contributed by atoms with Crippen LogP contribution >= 0.6 is 27.5 Å². The van der Waals surface area contributed by atoms with Crippen LogP contribution in [-0.4, -0.2) is 44.3 Å². The first kappa shape index (κ1) is 34.2. The summed E-state index contributed by atoms with van der Waals surface area (Å²) in [6.07, 6.45) is 1.93. The van der Waals surface area contributed by atoms with Crippen LogP contribution in [0.15, 0.2) is 112 Å². The second-order valence-corrected chi connectivity index (χ2v) is 14.0. The molecule has 7 nitrogen and oxygen atoms in total. The molecule has 0 bridgehead atoms. The molecule has 10 heteroatoms. The summed E-state index contributed by atoms with van der Waals surface area (Å²) in [6.45, 7) is 3.90. The highest BCUT2D eigenvalue weighted by atomic mass is 79.9. The largest absolute Gasteiger partial charge is 0.354 e. The van der Waals surface area contributed by atoms with Gasteiger partial charge in [0.1, 0.15) is 12.6 Å². The average molecular weight is 711 g/mol. The molecule has 0 fully saturated rings. The van der Waals surface area contributed by atoms with Gasteiger partial charge in [-0.05, 0) is 73.0 Å². The zero-order valence-electron chi connectivity index (χ0n) is 25.3. The number of carbonyl (C=O) groups excluding carboxylic acids is 2. The number of sulfonamides is 1. The fourth-order valence-corrected chi connectivity index (χ4v) is 6.76. The van der Waals surface area contributed by atoms with Gasteiger partial charge < -0.3 is 10.2 Å². The molecular weight excluding hydrogens is 674 g/mol. The number of carbonyl (C=O) groups is 2. The van der Waals surface area contributed by atoms with Crippen molar-refractivity contribution < 1.29 is 18.0 Å². The van der Waals surface area contributed by atoms with E-state index in [-0.39, 0.29) is 23.8 Å². The highest BCUT2D eigenvalue weighted by Crippen LogP contribution is 2.27. The Kier molecular flexibility index (Phi) is 12.2. The monoisotopic (exact) mass is 709 g/mol. The van der Waals surface area contributed by atoms with Gasteiger partial charge in [-0.1, -0.05) is 101 Å². The fraction of sp³-hybridized carbons (Fsp3) is 0.257. The molecule has 0 unspecified atom stereocenters. The summed E-state index contributed by atoms with van der Waals surface area (Å²) in [5.41, 5.74) is 2.81. The summed E-state index contributed by atoms with van der Waals surface area (Å²) in [6, 6.07) is 28.9. The quantitative estimate of drug-likeness (QED) is 0.141. The first-order valence-corrected chi connectivity index (χ1v) is 17.4. The summed E-state index contributed by atoms with van der Waals surface area (Å²) < 4.78 is 30.1. The molecule has 4 aromatic carbocycles. The van der Waals surface area contributed by atoms with Gasteiger partial charge in [-0.15, -0.1) is 0 Å². The van der Waals surface area contributed by atoms with Gasteiger partial charge >= 0.3 is 0 Å². The maximum atomic E-state index is 14.5. The molecule has 0 heterocycles. The average Bonchev–Trinajstić information content (AvgIpc) is 3.02. The van der Waals surface area contributed by atoms with Gasteiger partial charge in [0, 0.05) is 29.0 Å². The van der Waals surface area contributed by atoms with E-state index in [4.69, 9.17) is 11.6 Å². The van der Waals surface area contributed by atoms with Crippen molar-refractivity contribution in [1.29, 1.82) is 0 Å². The van der Waals surface area contributed by atoms with Crippen LogP contribution in [0.3, 0.4) is 0 Å². The van der Waals surface area contributed by atoms with Gasteiger partial charge in [-0.2, -0.15) is 0 Å². The van der Waals surface area contributed by atoms with Gasteiger partial charge in [-0.3, -0.25) is 13.9 Å². The van der Waals surface area contributed by atoms with E-state index >= 15 is 0 Å². The molecule has 0 radical (unpaired) electrons. The fourth-order valence-electron chi connectivity index (χ4n) is 4.87.